The number of nitrogens with zero attached hydrogens (tertiary/aromatic N) is 4. The standard InChI is InChI=1S/C17H18N4O9/c1-8(2)17(25)30-7-20-18-13(14(19-20)16(23)24)15(22)9-5-11(28-3)12(29-4)6-10(9)21(26)27/h5-6,8H,7H2,1-4H3,(H,23,24). The molecule has 0 amide bonds. The predicted molar refractivity (Wildman–Crippen MR) is 97.5 cm³/mol. The maximum atomic E-state index is 12.9. The molecule has 0 aliphatic carbocycles. The highest BCUT2D eigenvalue weighted by molar-refractivity contribution is 6.14. The van der Waals surface area contributed by atoms with Gasteiger partial charge in [0, 0.05) is 6.07 Å². The fourth-order valence-corrected chi connectivity index (χ4v) is 2.32. The summed E-state index contributed by atoms with van der Waals surface area (Å²) < 4.78 is 14.9. The maximum absolute atomic E-state index is 12.9. The highest BCUT2D eigenvalue weighted by Crippen LogP contribution is 2.35. The average Bonchev–Trinajstić information content (AvgIpc) is 3.14. The number of nitro groups is 1. The summed E-state index contributed by atoms with van der Waals surface area (Å²) in [5.74, 6) is -3.70. The van der Waals surface area contributed by atoms with Gasteiger partial charge in [-0.15, -0.1) is 15.0 Å². The highest BCUT2D eigenvalue weighted by Gasteiger charge is 2.31. The summed E-state index contributed by atoms with van der Waals surface area (Å²) >= 11 is 0. The minimum Gasteiger partial charge on any atom is -0.493 e. The smallest absolute Gasteiger partial charge is 0.358 e. The van der Waals surface area contributed by atoms with Gasteiger partial charge in [0.15, 0.2) is 17.2 Å². The molecule has 160 valence electrons. The van der Waals surface area contributed by atoms with E-state index in [1.165, 1.54) is 14.2 Å². The summed E-state index contributed by atoms with van der Waals surface area (Å²) in [7, 11) is 2.52. The first-order chi connectivity index (χ1) is 14.1. The van der Waals surface area contributed by atoms with Crippen molar-refractivity contribution in [2.24, 2.45) is 5.92 Å². The third-order valence-corrected chi connectivity index (χ3v) is 3.81. The van der Waals surface area contributed by atoms with Gasteiger partial charge in [0.05, 0.1) is 31.1 Å². The quantitative estimate of drug-likeness (QED) is 0.267. The van der Waals surface area contributed by atoms with Crippen molar-refractivity contribution in [3.63, 3.8) is 0 Å². The van der Waals surface area contributed by atoms with Crippen molar-refractivity contribution in [1.82, 2.24) is 15.0 Å². The Morgan fingerprint density at radius 1 is 1.13 bits per heavy atom. The van der Waals surface area contributed by atoms with Crippen LogP contribution in [0.5, 0.6) is 11.5 Å². The van der Waals surface area contributed by atoms with Crippen molar-refractivity contribution in [2.75, 3.05) is 14.2 Å². The van der Waals surface area contributed by atoms with Gasteiger partial charge < -0.3 is 19.3 Å². The van der Waals surface area contributed by atoms with Crippen LogP contribution in [-0.2, 0) is 16.3 Å². The summed E-state index contributed by atoms with van der Waals surface area (Å²) in [6, 6.07) is 2.02. The Balaban J connectivity index is 2.53. The summed E-state index contributed by atoms with van der Waals surface area (Å²) in [4.78, 5) is 47.3. The average molecular weight is 422 g/mol. The van der Waals surface area contributed by atoms with Crippen molar-refractivity contribution in [3.05, 3.63) is 39.2 Å². The van der Waals surface area contributed by atoms with E-state index in [0.717, 1.165) is 12.1 Å². The minimum absolute atomic E-state index is 0.00320. The van der Waals surface area contributed by atoms with Crippen LogP contribution in [0.2, 0.25) is 0 Å². The number of carboxylic acids is 1. The molecule has 0 fully saturated rings. The third kappa shape index (κ3) is 4.51. The van der Waals surface area contributed by atoms with Crippen LogP contribution < -0.4 is 9.47 Å². The largest absolute Gasteiger partial charge is 0.493 e. The zero-order chi connectivity index (χ0) is 22.6. The Morgan fingerprint density at radius 3 is 2.20 bits per heavy atom. The second-order valence-electron chi connectivity index (χ2n) is 6.13. The van der Waals surface area contributed by atoms with Crippen LogP contribution in [0.4, 0.5) is 5.69 Å². The molecular formula is C17H18N4O9. The molecule has 2 aromatic rings. The first-order valence-corrected chi connectivity index (χ1v) is 8.40. The molecule has 0 saturated carbocycles. The van der Waals surface area contributed by atoms with E-state index in [4.69, 9.17) is 14.2 Å². The fraction of sp³-hybridized carbons (Fsp3) is 0.353. The first kappa shape index (κ1) is 22.3. The molecule has 13 nitrogen and oxygen atoms in total. The molecule has 0 aliphatic rings. The van der Waals surface area contributed by atoms with E-state index in [2.05, 4.69) is 10.2 Å². The number of benzene rings is 1. The van der Waals surface area contributed by atoms with Gasteiger partial charge in [-0.1, -0.05) is 13.8 Å². The zero-order valence-corrected chi connectivity index (χ0v) is 16.4. The number of carbonyl (C=O) groups is 3. The van der Waals surface area contributed by atoms with Gasteiger partial charge in [-0.05, 0) is 0 Å². The van der Waals surface area contributed by atoms with Gasteiger partial charge in [-0.2, -0.15) is 0 Å². The maximum Gasteiger partial charge on any atom is 0.358 e. The highest BCUT2D eigenvalue weighted by atomic mass is 16.6. The molecule has 0 atom stereocenters. The van der Waals surface area contributed by atoms with E-state index in [0.29, 0.717) is 4.80 Å². The fourth-order valence-electron chi connectivity index (χ4n) is 2.32. The molecular weight excluding hydrogens is 404 g/mol. The second kappa shape index (κ2) is 8.98. The predicted octanol–water partition coefficient (Wildman–Crippen LogP) is 1.29. The molecule has 0 bridgehead atoms. The summed E-state index contributed by atoms with van der Waals surface area (Å²) in [6.45, 7) is 2.64. The number of rotatable bonds is 9. The Labute approximate surface area is 169 Å². The summed E-state index contributed by atoms with van der Waals surface area (Å²) in [5.41, 5.74) is -2.55. The number of carboxylic acid groups (broad SMARTS) is 1. The van der Waals surface area contributed by atoms with Crippen LogP contribution in [0.1, 0.15) is 40.4 Å². The number of nitro benzene ring substituents is 1. The third-order valence-electron chi connectivity index (χ3n) is 3.81. The van der Waals surface area contributed by atoms with Crippen molar-refractivity contribution in [1.29, 1.82) is 0 Å². The van der Waals surface area contributed by atoms with Crippen LogP contribution in [0, 0.1) is 16.0 Å². The van der Waals surface area contributed by atoms with Gasteiger partial charge in [0.25, 0.3) is 5.69 Å². The molecule has 0 unspecified atom stereocenters. The van der Waals surface area contributed by atoms with Crippen LogP contribution in [-0.4, -0.2) is 57.0 Å². The molecule has 13 heteroatoms. The van der Waals surface area contributed by atoms with Gasteiger partial charge in [0.1, 0.15) is 5.56 Å². The van der Waals surface area contributed by atoms with E-state index < -0.39 is 57.9 Å². The molecule has 30 heavy (non-hydrogen) atoms. The lowest BCUT2D eigenvalue weighted by molar-refractivity contribution is -0.385. The number of esters is 1. The number of methoxy groups -OCH3 is 2. The molecule has 0 saturated heterocycles. The zero-order valence-electron chi connectivity index (χ0n) is 16.4. The lowest BCUT2D eigenvalue weighted by atomic mass is 10.0. The van der Waals surface area contributed by atoms with E-state index in [1.807, 2.05) is 0 Å². The van der Waals surface area contributed by atoms with Gasteiger partial charge in [-0.25, -0.2) is 4.79 Å². The Morgan fingerprint density at radius 2 is 1.70 bits per heavy atom. The van der Waals surface area contributed by atoms with E-state index in [9.17, 15) is 29.6 Å². The Hall–Kier alpha value is -4.03. The number of carbonyl (C=O) groups excluding carboxylic acids is 2. The Kier molecular flexibility index (Phi) is 6.66. The monoisotopic (exact) mass is 422 g/mol. The number of hydrogen-bond donors (Lipinski definition) is 1. The number of hydrogen-bond acceptors (Lipinski definition) is 10. The molecule has 0 aliphatic heterocycles. The van der Waals surface area contributed by atoms with Crippen LogP contribution in [0.3, 0.4) is 0 Å². The van der Waals surface area contributed by atoms with Gasteiger partial charge in [0.2, 0.25) is 18.2 Å². The number of aromatic carboxylic acids is 1. The lowest BCUT2D eigenvalue weighted by Crippen LogP contribution is -2.16. The van der Waals surface area contributed by atoms with Gasteiger partial charge in [-0.3, -0.25) is 19.7 Å². The molecule has 1 heterocycles. The number of ketones is 1. The van der Waals surface area contributed by atoms with Gasteiger partial charge >= 0.3 is 11.9 Å². The van der Waals surface area contributed by atoms with Crippen LogP contribution in [0.25, 0.3) is 0 Å². The van der Waals surface area contributed by atoms with Crippen LogP contribution in [0.15, 0.2) is 12.1 Å². The van der Waals surface area contributed by atoms with Crippen LogP contribution >= 0.6 is 0 Å². The molecule has 0 radical (unpaired) electrons. The molecule has 0 spiro atoms. The number of ether oxygens (including phenoxy) is 3. The normalized spacial score (nSPS) is 10.6. The lowest BCUT2D eigenvalue weighted by Gasteiger charge is -2.09. The number of aromatic nitrogens is 3. The van der Waals surface area contributed by atoms with Crippen molar-refractivity contribution in [3.8, 4) is 11.5 Å². The van der Waals surface area contributed by atoms with E-state index in [-0.39, 0.29) is 11.5 Å². The minimum atomic E-state index is -1.59. The second-order valence-corrected chi connectivity index (χ2v) is 6.13. The summed E-state index contributed by atoms with van der Waals surface area (Å²) in [5, 5.41) is 28.1. The SMILES string of the molecule is COc1cc(C(=O)c2nn(COC(=O)C(C)C)nc2C(=O)O)c([N+](=O)[O-])cc1OC. The van der Waals surface area contributed by atoms with Crippen molar-refractivity contribution < 1.29 is 38.6 Å². The van der Waals surface area contributed by atoms with Crippen molar-refractivity contribution in [2.45, 2.75) is 20.6 Å². The summed E-state index contributed by atoms with van der Waals surface area (Å²) in [6.07, 6.45) is 0. The molecule has 1 aromatic carbocycles. The topological polar surface area (TPSA) is 173 Å². The Bertz CT molecular complexity index is 1010. The van der Waals surface area contributed by atoms with E-state index in [1.54, 1.807) is 13.8 Å². The molecule has 1 N–H and O–H groups in total. The molecule has 2 rings (SSSR count). The molecule has 1 aromatic heterocycles. The van der Waals surface area contributed by atoms with E-state index >= 15 is 0 Å². The van der Waals surface area contributed by atoms with Crippen molar-refractivity contribution >= 4 is 23.4 Å². The first-order valence-electron chi connectivity index (χ1n) is 8.40.